The second-order valence-electron chi connectivity index (χ2n) is 5.51. The highest BCUT2D eigenvalue weighted by Crippen LogP contribution is 2.26. The first-order valence-corrected chi connectivity index (χ1v) is 8.58. The van der Waals surface area contributed by atoms with Crippen molar-refractivity contribution in [1.82, 2.24) is 5.32 Å². The van der Waals surface area contributed by atoms with Crippen LogP contribution in [0.25, 0.3) is 11.1 Å². The van der Waals surface area contributed by atoms with E-state index >= 15 is 0 Å². The third kappa shape index (κ3) is 4.39. The van der Waals surface area contributed by atoms with Gasteiger partial charge in [-0.3, -0.25) is 10.1 Å². The van der Waals surface area contributed by atoms with Crippen molar-refractivity contribution in [2.45, 2.75) is 0 Å². The first kappa shape index (κ1) is 17.9. The number of halogens is 1. The predicted octanol–water partition coefficient (Wildman–Crippen LogP) is 4.84. The lowest BCUT2D eigenvalue weighted by atomic mass is 10.0. The van der Waals surface area contributed by atoms with Crippen LogP contribution in [0.15, 0.2) is 72.8 Å². The van der Waals surface area contributed by atoms with Crippen LogP contribution < -0.4 is 10.6 Å². The molecule has 0 bridgehead atoms. The van der Waals surface area contributed by atoms with Crippen LogP contribution in [0.1, 0.15) is 10.4 Å². The molecule has 1 amide bonds. The number of benzene rings is 3. The Morgan fingerprint density at radius 3 is 2.27 bits per heavy atom. The molecule has 26 heavy (non-hydrogen) atoms. The molecule has 0 aliphatic heterocycles. The fourth-order valence-electron chi connectivity index (χ4n) is 2.38. The molecule has 3 rings (SSSR count). The Kier molecular flexibility index (Phi) is 5.51. The second-order valence-corrected chi connectivity index (χ2v) is 6.36. The minimum Gasteiger partial charge on any atom is -0.506 e. The number of aromatic hydroxyl groups is 1. The van der Waals surface area contributed by atoms with Crippen molar-refractivity contribution < 1.29 is 9.90 Å². The van der Waals surface area contributed by atoms with Gasteiger partial charge < -0.3 is 10.4 Å². The second kappa shape index (κ2) is 7.99. The molecule has 0 aliphatic carbocycles. The summed E-state index contributed by atoms with van der Waals surface area (Å²) in [5.74, 6) is -0.359. The molecule has 4 nitrogen and oxygen atoms in total. The molecular weight excluding hydrogens is 368 g/mol. The zero-order valence-corrected chi connectivity index (χ0v) is 15.1. The third-order valence-corrected chi connectivity index (χ3v) is 4.13. The Morgan fingerprint density at radius 1 is 0.923 bits per heavy atom. The molecule has 0 unspecified atom stereocenters. The number of nitrogens with one attached hydrogen (secondary N) is 2. The van der Waals surface area contributed by atoms with Gasteiger partial charge in [-0.2, -0.15) is 0 Å². The van der Waals surface area contributed by atoms with Crippen molar-refractivity contribution in [2.75, 3.05) is 5.32 Å². The number of hydrogen-bond donors (Lipinski definition) is 3. The maximum atomic E-state index is 12.3. The monoisotopic (exact) mass is 382 g/mol. The average Bonchev–Trinajstić information content (AvgIpc) is 2.65. The zero-order chi connectivity index (χ0) is 18.5. The zero-order valence-electron chi connectivity index (χ0n) is 13.6. The molecule has 3 N–H and O–H groups in total. The number of carbonyl (C=O) groups excluding carboxylic acids is 1. The van der Waals surface area contributed by atoms with Gasteiger partial charge in [-0.1, -0.05) is 54.1 Å². The van der Waals surface area contributed by atoms with Crippen molar-refractivity contribution in [3.63, 3.8) is 0 Å². The van der Waals surface area contributed by atoms with Gasteiger partial charge in [-0.05, 0) is 53.7 Å². The van der Waals surface area contributed by atoms with E-state index in [2.05, 4.69) is 10.6 Å². The summed E-state index contributed by atoms with van der Waals surface area (Å²) in [6.07, 6.45) is 0. The van der Waals surface area contributed by atoms with E-state index in [1.54, 1.807) is 18.2 Å². The predicted molar refractivity (Wildman–Crippen MR) is 109 cm³/mol. The van der Waals surface area contributed by atoms with Crippen LogP contribution in [0.5, 0.6) is 5.75 Å². The summed E-state index contributed by atoms with van der Waals surface area (Å²) in [5.41, 5.74) is 2.89. The number of phenolic OH excluding ortho intramolecular Hbond substituents is 1. The fraction of sp³-hybridized carbons (Fsp3) is 0. The molecule has 0 radical (unpaired) electrons. The highest BCUT2D eigenvalue weighted by atomic mass is 35.5. The van der Waals surface area contributed by atoms with Crippen LogP contribution >= 0.6 is 23.8 Å². The van der Waals surface area contributed by atoms with Gasteiger partial charge in [0.25, 0.3) is 5.91 Å². The lowest BCUT2D eigenvalue weighted by Gasteiger charge is -2.11. The highest BCUT2D eigenvalue weighted by molar-refractivity contribution is 7.80. The molecule has 130 valence electrons. The molecular formula is C20H15ClN2O2S. The first-order chi connectivity index (χ1) is 12.5. The van der Waals surface area contributed by atoms with Gasteiger partial charge >= 0.3 is 0 Å². The van der Waals surface area contributed by atoms with Crippen molar-refractivity contribution >= 4 is 40.5 Å². The Balaban J connectivity index is 1.66. The summed E-state index contributed by atoms with van der Waals surface area (Å²) in [5, 5.41) is 15.6. The van der Waals surface area contributed by atoms with Crippen LogP contribution in [0.3, 0.4) is 0 Å². The summed E-state index contributed by atoms with van der Waals surface area (Å²) >= 11 is 11.0. The van der Waals surface area contributed by atoms with E-state index in [1.165, 1.54) is 12.1 Å². The van der Waals surface area contributed by atoms with Gasteiger partial charge in [-0.25, -0.2) is 0 Å². The minimum atomic E-state index is -0.344. The Labute approximate surface area is 161 Å². The lowest BCUT2D eigenvalue weighted by Crippen LogP contribution is -2.34. The summed E-state index contributed by atoms with van der Waals surface area (Å²) < 4.78 is 0. The number of thiocarbonyl (C=S) groups is 1. The normalized spacial score (nSPS) is 10.2. The third-order valence-electron chi connectivity index (χ3n) is 3.69. The topological polar surface area (TPSA) is 61.4 Å². The van der Waals surface area contributed by atoms with Gasteiger partial charge in [-0.15, -0.1) is 0 Å². The molecule has 0 atom stereocenters. The average molecular weight is 383 g/mol. The maximum absolute atomic E-state index is 12.3. The van der Waals surface area contributed by atoms with Crippen molar-refractivity contribution in [2.24, 2.45) is 0 Å². The summed E-state index contributed by atoms with van der Waals surface area (Å²) in [4.78, 5) is 12.3. The van der Waals surface area contributed by atoms with E-state index < -0.39 is 0 Å². The van der Waals surface area contributed by atoms with Crippen LogP contribution in [-0.4, -0.2) is 16.1 Å². The number of anilines is 1. The number of phenols is 1. The minimum absolute atomic E-state index is 0.0155. The Bertz CT molecular complexity index is 944. The summed E-state index contributed by atoms with van der Waals surface area (Å²) in [7, 11) is 0. The van der Waals surface area contributed by atoms with Gasteiger partial charge in [0.05, 0.1) is 5.69 Å². The van der Waals surface area contributed by atoms with E-state index in [-0.39, 0.29) is 16.8 Å². The Hall–Kier alpha value is -2.89. The van der Waals surface area contributed by atoms with Crippen LogP contribution in [0.2, 0.25) is 5.02 Å². The number of hydrogen-bond acceptors (Lipinski definition) is 3. The van der Waals surface area contributed by atoms with E-state index in [0.717, 1.165) is 11.1 Å². The van der Waals surface area contributed by atoms with Gasteiger partial charge in [0.1, 0.15) is 5.75 Å². The van der Waals surface area contributed by atoms with Crippen molar-refractivity contribution in [3.8, 4) is 16.9 Å². The van der Waals surface area contributed by atoms with E-state index in [1.807, 2.05) is 42.5 Å². The molecule has 0 fully saturated rings. The molecule has 3 aromatic carbocycles. The number of amides is 1. The van der Waals surface area contributed by atoms with Gasteiger partial charge in [0.15, 0.2) is 5.11 Å². The molecule has 0 saturated heterocycles. The molecule has 0 aliphatic rings. The van der Waals surface area contributed by atoms with E-state index in [0.29, 0.717) is 16.3 Å². The van der Waals surface area contributed by atoms with Crippen LogP contribution in [0, 0.1) is 0 Å². The largest absolute Gasteiger partial charge is 0.506 e. The Morgan fingerprint density at radius 2 is 1.58 bits per heavy atom. The van der Waals surface area contributed by atoms with E-state index in [9.17, 15) is 9.90 Å². The smallest absolute Gasteiger partial charge is 0.257 e. The van der Waals surface area contributed by atoms with Gasteiger partial charge in [0.2, 0.25) is 0 Å². The molecule has 0 saturated carbocycles. The van der Waals surface area contributed by atoms with Crippen LogP contribution in [0.4, 0.5) is 5.69 Å². The van der Waals surface area contributed by atoms with Crippen LogP contribution in [-0.2, 0) is 0 Å². The first-order valence-electron chi connectivity index (χ1n) is 7.79. The van der Waals surface area contributed by atoms with Crippen molar-refractivity contribution in [3.05, 3.63) is 83.4 Å². The van der Waals surface area contributed by atoms with Gasteiger partial charge in [0, 0.05) is 10.6 Å². The molecule has 0 heterocycles. The number of carbonyl (C=O) groups is 1. The van der Waals surface area contributed by atoms with E-state index in [4.69, 9.17) is 23.8 Å². The molecule has 0 spiro atoms. The highest BCUT2D eigenvalue weighted by Gasteiger charge is 2.10. The number of rotatable bonds is 3. The lowest BCUT2D eigenvalue weighted by molar-refractivity contribution is 0.0977. The summed E-state index contributed by atoms with van der Waals surface area (Å²) in [6.45, 7) is 0. The fourth-order valence-corrected chi connectivity index (χ4v) is 2.76. The SMILES string of the molecule is O=C(NC(=S)Nc1cc(Cl)ccc1O)c1ccc(-c2ccccc2)cc1. The molecule has 0 aromatic heterocycles. The molecule has 6 heteroatoms. The maximum Gasteiger partial charge on any atom is 0.257 e. The quantitative estimate of drug-likeness (QED) is 0.448. The standard InChI is InChI=1S/C20H15ClN2O2S/c21-16-10-11-18(24)17(12-16)22-20(26)23-19(25)15-8-6-14(7-9-15)13-4-2-1-3-5-13/h1-12,24H,(H2,22,23,25,26). The van der Waals surface area contributed by atoms with Crippen molar-refractivity contribution in [1.29, 1.82) is 0 Å². The molecule has 3 aromatic rings. The summed E-state index contributed by atoms with van der Waals surface area (Å²) in [6, 6.07) is 21.6.